The molecule has 1 amide bonds. The number of para-hydroxylation sites is 1. The van der Waals surface area contributed by atoms with Gasteiger partial charge in [-0.2, -0.15) is 0 Å². The van der Waals surface area contributed by atoms with Gasteiger partial charge >= 0.3 is 0 Å². The molecule has 0 aliphatic carbocycles. The molecule has 0 saturated carbocycles. The molecule has 1 N–H and O–H groups in total. The quantitative estimate of drug-likeness (QED) is 0.815. The first kappa shape index (κ1) is 15.5. The maximum atomic E-state index is 11.7. The Morgan fingerprint density at radius 2 is 2.11 bits per heavy atom. The van der Waals surface area contributed by atoms with Crippen molar-refractivity contribution < 1.29 is 9.53 Å². The molecule has 0 heterocycles. The minimum absolute atomic E-state index is 0.120. The van der Waals surface area contributed by atoms with Crippen LogP contribution in [0.3, 0.4) is 0 Å². The first-order chi connectivity index (χ1) is 9.08. The largest absolute Gasteiger partial charge is 0.496 e. The van der Waals surface area contributed by atoms with Gasteiger partial charge < -0.3 is 15.0 Å². The predicted octanol–water partition coefficient (Wildman–Crippen LogP) is 1.69. The molecule has 0 aliphatic rings. The van der Waals surface area contributed by atoms with Crippen LogP contribution in [-0.2, 0) is 11.2 Å². The van der Waals surface area contributed by atoms with Crippen LogP contribution in [0.4, 0.5) is 0 Å². The van der Waals surface area contributed by atoms with Gasteiger partial charge in [-0.05, 0) is 31.9 Å². The maximum absolute atomic E-state index is 11.7. The molecule has 106 valence electrons. The first-order valence-electron chi connectivity index (χ1n) is 6.67. The average Bonchev–Trinajstić information content (AvgIpc) is 2.44. The lowest BCUT2D eigenvalue weighted by Crippen LogP contribution is -2.39. The van der Waals surface area contributed by atoms with Crippen LogP contribution in [0.25, 0.3) is 0 Å². The van der Waals surface area contributed by atoms with Crippen LogP contribution in [0.5, 0.6) is 5.75 Å². The van der Waals surface area contributed by atoms with Gasteiger partial charge in [0.2, 0.25) is 5.91 Å². The number of rotatable bonds is 7. The summed E-state index contributed by atoms with van der Waals surface area (Å²) in [6.07, 6.45) is 0.840. The van der Waals surface area contributed by atoms with Crippen molar-refractivity contribution in [3.05, 3.63) is 29.8 Å². The topological polar surface area (TPSA) is 41.6 Å². The number of hydrogen-bond acceptors (Lipinski definition) is 3. The highest BCUT2D eigenvalue weighted by molar-refractivity contribution is 5.77. The molecular formula is C15H24N2O2. The number of carbonyl (C=O) groups excluding carboxylic acids is 1. The summed E-state index contributed by atoms with van der Waals surface area (Å²) in [6.45, 7) is 5.16. The Kier molecular flexibility index (Phi) is 6.36. The van der Waals surface area contributed by atoms with Crippen molar-refractivity contribution >= 4 is 5.91 Å². The number of nitrogens with zero attached hydrogens (tertiary/aromatic N) is 1. The minimum atomic E-state index is 0.120. The summed E-state index contributed by atoms with van der Waals surface area (Å²) in [6, 6.07) is 8.20. The van der Waals surface area contributed by atoms with Crippen molar-refractivity contribution in [2.75, 3.05) is 27.2 Å². The number of ether oxygens (including phenoxy) is 1. The fourth-order valence-corrected chi connectivity index (χ4v) is 1.85. The minimum Gasteiger partial charge on any atom is -0.496 e. The van der Waals surface area contributed by atoms with Crippen molar-refractivity contribution in [2.45, 2.75) is 26.3 Å². The normalized spacial score (nSPS) is 12.0. The molecule has 0 fully saturated rings. The highest BCUT2D eigenvalue weighted by Crippen LogP contribution is 2.18. The molecular weight excluding hydrogens is 240 g/mol. The highest BCUT2D eigenvalue weighted by Gasteiger charge is 2.11. The van der Waals surface area contributed by atoms with Crippen molar-refractivity contribution in [3.8, 4) is 5.75 Å². The number of benzene rings is 1. The second-order valence-electron chi connectivity index (χ2n) is 4.71. The summed E-state index contributed by atoms with van der Waals surface area (Å²) < 4.78 is 5.32. The lowest BCUT2D eigenvalue weighted by molar-refractivity contribution is -0.128. The lowest BCUT2D eigenvalue weighted by atomic mass is 10.1. The van der Waals surface area contributed by atoms with Crippen LogP contribution in [0, 0.1) is 0 Å². The van der Waals surface area contributed by atoms with E-state index in [2.05, 4.69) is 18.3 Å². The molecule has 0 bridgehead atoms. The summed E-state index contributed by atoms with van der Waals surface area (Å²) in [4.78, 5) is 13.4. The van der Waals surface area contributed by atoms with E-state index in [1.807, 2.05) is 32.2 Å². The number of hydrogen-bond donors (Lipinski definition) is 1. The van der Waals surface area contributed by atoms with Gasteiger partial charge in [0, 0.05) is 19.6 Å². The van der Waals surface area contributed by atoms with E-state index in [4.69, 9.17) is 4.74 Å². The number of likely N-dealkylation sites (N-methyl/N-ethyl adjacent to an activating group) is 1. The van der Waals surface area contributed by atoms with Gasteiger partial charge in [-0.3, -0.25) is 4.79 Å². The molecule has 0 radical (unpaired) electrons. The van der Waals surface area contributed by atoms with Gasteiger partial charge in [0.25, 0.3) is 0 Å². The highest BCUT2D eigenvalue weighted by atomic mass is 16.5. The summed E-state index contributed by atoms with van der Waals surface area (Å²) >= 11 is 0. The van der Waals surface area contributed by atoms with E-state index in [9.17, 15) is 4.79 Å². The molecule has 19 heavy (non-hydrogen) atoms. The standard InChI is InChI=1S/C15H24N2O2/c1-5-17(3)15(18)11-16-12(2)10-13-8-6-7-9-14(13)19-4/h6-9,12,16H,5,10-11H2,1-4H3. The van der Waals surface area contributed by atoms with Gasteiger partial charge in [0.1, 0.15) is 5.75 Å². The Morgan fingerprint density at radius 3 is 2.74 bits per heavy atom. The Hall–Kier alpha value is -1.55. The van der Waals surface area contributed by atoms with E-state index in [0.29, 0.717) is 6.54 Å². The molecule has 1 rings (SSSR count). The zero-order valence-corrected chi connectivity index (χ0v) is 12.3. The van der Waals surface area contributed by atoms with E-state index >= 15 is 0 Å². The molecule has 0 saturated heterocycles. The molecule has 4 nitrogen and oxygen atoms in total. The number of amides is 1. The van der Waals surface area contributed by atoms with Gasteiger partial charge in [0.05, 0.1) is 13.7 Å². The van der Waals surface area contributed by atoms with Crippen LogP contribution in [-0.4, -0.2) is 44.1 Å². The molecule has 0 aliphatic heterocycles. The Balaban J connectivity index is 2.47. The zero-order chi connectivity index (χ0) is 14.3. The molecule has 1 atom stereocenters. The molecule has 1 aromatic rings. The molecule has 4 heteroatoms. The Labute approximate surface area is 115 Å². The average molecular weight is 264 g/mol. The molecule has 1 unspecified atom stereocenters. The fourth-order valence-electron chi connectivity index (χ4n) is 1.85. The lowest BCUT2D eigenvalue weighted by Gasteiger charge is -2.18. The van der Waals surface area contributed by atoms with E-state index in [-0.39, 0.29) is 11.9 Å². The number of methoxy groups -OCH3 is 1. The van der Waals surface area contributed by atoms with Gasteiger partial charge in [-0.1, -0.05) is 18.2 Å². The Bertz CT molecular complexity index is 407. The summed E-state index contributed by atoms with van der Waals surface area (Å²) in [7, 11) is 3.49. The van der Waals surface area contributed by atoms with Crippen LogP contribution in [0.15, 0.2) is 24.3 Å². The summed E-state index contributed by atoms with van der Waals surface area (Å²) in [5.74, 6) is 1.02. The second kappa shape index (κ2) is 7.79. The summed E-state index contributed by atoms with van der Waals surface area (Å²) in [5, 5.41) is 3.25. The molecule has 0 aromatic heterocycles. The van der Waals surface area contributed by atoms with Crippen LogP contribution >= 0.6 is 0 Å². The van der Waals surface area contributed by atoms with E-state index in [1.165, 1.54) is 0 Å². The van der Waals surface area contributed by atoms with Crippen molar-refractivity contribution in [1.29, 1.82) is 0 Å². The smallest absolute Gasteiger partial charge is 0.236 e. The van der Waals surface area contributed by atoms with Gasteiger partial charge in [-0.25, -0.2) is 0 Å². The fraction of sp³-hybridized carbons (Fsp3) is 0.533. The van der Waals surface area contributed by atoms with E-state index in [0.717, 1.165) is 24.3 Å². The van der Waals surface area contributed by atoms with Crippen LogP contribution < -0.4 is 10.1 Å². The van der Waals surface area contributed by atoms with Crippen molar-refractivity contribution in [3.63, 3.8) is 0 Å². The number of carbonyl (C=O) groups is 1. The third-order valence-electron chi connectivity index (χ3n) is 3.22. The maximum Gasteiger partial charge on any atom is 0.236 e. The third-order valence-corrected chi connectivity index (χ3v) is 3.22. The van der Waals surface area contributed by atoms with Crippen molar-refractivity contribution in [2.24, 2.45) is 0 Å². The van der Waals surface area contributed by atoms with E-state index in [1.54, 1.807) is 12.0 Å². The molecule has 0 spiro atoms. The SMILES string of the molecule is CCN(C)C(=O)CNC(C)Cc1ccccc1OC. The summed E-state index contributed by atoms with van der Waals surface area (Å²) in [5.41, 5.74) is 1.15. The van der Waals surface area contributed by atoms with Crippen LogP contribution in [0.2, 0.25) is 0 Å². The predicted molar refractivity (Wildman–Crippen MR) is 77.5 cm³/mol. The van der Waals surface area contributed by atoms with Crippen LogP contribution in [0.1, 0.15) is 19.4 Å². The monoisotopic (exact) mass is 264 g/mol. The van der Waals surface area contributed by atoms with E-state index < -0.39 is 0 Å². The number of nitrogens with one attached hydrogen (secondary N) is 1. The zero-order valence-electron chi connectivity index (χ0n) is 12.3. The van der Waals surface area contributed by atoms with Gasteiger partial charge in [-0.15, -0.1) is 0 Å². The second-order valence-corrected chi connectivity index (χ2v) is 4.71. The van der Waals surface area contributed by atoms with Gasteiger partial charge in [0.15, 0.2) is 0 Å². The third kappa shape index (κ3) is 4.91. The van der Waals surface area contributed by atoms with Crippen molar-refractivity contribution in [1.82, 2.24) is 10.2 Å². The molecule has 1 aromatic carbocycles. The Morgan fingerprint density at radius 1 is 1.42 bits per heavy atom. The first-order valence-corrected chi connectivity index (χ1v) is 6.67.